The summed E-state index contributed by atoms with van der Waals surface area (Å²) in [5.74, 6) is 0. The van der Waals surface area contributed by atoms with Crippen LogP contribution in [0.1, 0.15) is 0 Å². The zero-order valence-corrected chi connectivity index (χ0v) is 15.4. The van der Waals surface area contributed by atoms with Crippen LogP contribution >= 0.6 is 0 Å². The maximum Gasteiger partial charge on any atom is 0.0315 e. The van der Waals surface area contributed by atoms with Gasteiger partial charge in [0.1, 0.15) is 0 Å². The molecule has 0 fully saturated rings. The van der Waals surface area contributed by atoms with Crippen molar-refractivity contribution in [1.82, 2.24) is 0 Å². The summed E-state index contributed by atoms with van der Waals surface area (Å²) in [6.07, 6.45) is 0. The highest BCUT2D eigenvalue weighted by Crippen LogP contribution is 2.39. The number of anilines is 2. The highest BCUT2D eigenvalue weighted by Gasteiger charge is 2.11. The molecule has 6 aromatic rings. The summed E-state index contributed by atoms with van der Waals surface area (Å²) in [5, 5.41) is 10.9. The second-order valence-electron chi connectivity index (χ2n) is 7.09. The third-order valence-electron chi connectivity index (χ3n) is 5.33. The van der Waals surface area contributed by atoms with Crippen LogP contribution in [0.25, 0.3) is 43.1 Å². The van der Waals surface area contributed by atoms with Gasteiger partial charge >= 0.3 is 0 Å². The first-order valence-corrected chi connectivity index (χ1v) is 9.37. The predicted molar refractivity (Wildman–Crippen MR) is 123 cm³/mol. The van der Waals surface area contributed by atoms with Crippen molar-refractivity contribution >= 4 is 54.5 Å². The molecule has 0 spiro atoms. The minimum atomic E-state index is 0.749. The van der Waals surface area contributed by atoms with E-state index >= 15 is 0 Å². The van der Waals surface area contributed by atoms with E-state index in [9.17, 15) is 0 Å². The topological polar surface area (TPSA) is 52.0 Å². The van der Waals surface area contributed by atoms with Gasteiger partial charge in [0.25, 0.3) is 0 Å². The van der Waals surface area contributed by atoms with E-state index in [1.165, 1.54) is 43.1 Å². The molecule has 134 valence electrons. The van der Waals surface area contributed by atoms with E-state index in [0.717, 1.165) is 11.4 Å². The quantitative estimate of drug-likeness (QED) is 0.182. The van der Waals surface area contributed by atoms with Crippen molar-refractivity contribution in [3.05, 3.63) is 97.1 Å². The fraction of sp³-hybridized carbons (Fsp3) is 0. The molecule has 0 aliphatic heterocycles. The molecular weight excluding hydrogens is 340 g/mol. The van der Waals surface area contributed by atoms with Gasteiger partial charge in [0.15, 0.2) is 0 Å². The molecule has 0 unspecified atom stereocenters. The molecule has 0 aromatic heterocycles. The Bertz CT molecular complexity index is 1230. The molecule has 4 N–H and O–H groups in total. The molecule has 0 bridgehead atoms. The Balaban J connectivity index is 0.000000181. The minimum absolute atomic E-state index is 0.749. The lowest BCUT2D eigenvalue weighted by Crippen LogP contribution is -1.86. The Labute approximate surface area is 163 Å². The molecule has 0 radical (unpaired) electrons. The summed E-state index contributed by atoms with van der Waals surface area (Å²) in [7, 11) is 0. The fourth-order valence-electron chi connectivity index (χ4n) is 4.08. The van der Waals surface area contributed by atoms with Crippen LogP contribution in [0.2, 0.25) is 0 Å². The summed E-state index contributed by atoms with van der Waals surface area (Å²) in [5.41, 5.74) is 12.2. The molecule has 0 atom stereocenters. The lowest BCUT2D eigenvalue weighted by molar-refractivity contribution is 1.67. The second-order valence-corrected chi connectivity index (χ2v) is 7.09. The predicted octanol–water partition coefficient (Wildman–Crippen LogP) is 6.59. The molecule has 6 aromatic carbocycles. The number of rotatable bonds is 0. The van der Waals surface area contributed by atoms with Crippen molar-refractivity contribution in [3.63, 3.8) is 0 Å². The first kappa shape index (κ1) is 16.4. The van der Waals surface area contributed by atoms with Crippen molar-refractivity contribution < 1.29 is 0 Å². The van der Waals surface area contributed by atoms with Gasteiger partial charge < -0.3 is 11.5 Å². The second kappa shape index (κ2) is 6.43. The van der Waals surface area contributed by atoms with Crippen LogP contribution < -0.4 is 11.5 Å². The molecule has 2 heteroatoms. The maximum atomic E-state index is 5.37. The molecule has 6 rings (SSSR count). The zero-order valence-electron chi connectivity index (χ0n) is 15.4. The van der Waals surface area contributed by atoms with Gasteiger partial charge in [-0.1, -0.05) is 72.8 Å². The Morgan fingerprint density at radius 2 is 0.643 bits per heavy atom. The average molecular weight is 360 g/mol. The molecule has 0 amide bonds. The Morgan fingerprint density at radius 1 is 0.357 bits per heavy atom. The van der Waals surface area contributed by atoms with Crippen molar-refractivity contribution in [2.75, 3.05) is 11.5 Å². The molecular formula is C26H20N2. The number of hydrogen-bond acceptors (Lipinski definition) is 2. The van der Waals surface area contributed by atoms with Crippen LogP contribution in [-0.2, 0) is 0 Å². The van der Waals surface area contributed by atoms with Gasteiger partial charge in [0, 0.05) is 11.4 Å². The lowest BCUT2D eigenvalue weighted by Gasteiger charge is -2.13. The smallest absolute Gasteiger partial charge is 0.0315 e. The molecule has 28 heavy (non-hydrogen) atoms. The zero-order chi connectivity index (χ0) is 19.1. The van der Waals surface area contributed by atoms with Gasteiger partial charge in [-0.25, -0.2) is 0 Å². The Hall–Kier alpha value is -3.78. The van der Waals surface area contributed by atoms with Crippen molar-refractivity contribution in [2.24, 2.45) is 0 Å². The van der Waals surface area contributed by atoms with Crippen molar-refractivity contribution in [1.29, 1.82) is 0 Å². The fourth-order valence-corrected chi connectivity index (χ4v) is 4.08. The molecule has 2 nitrogen and oxygen atoms in total. The summed E-state index contributed by atoms with van der Waals surface area (Å²) in [6.45, 7) is 0. The number of nitrogen functional groups attached to an aromatic ring is 2. The van der Waals surface area contributed by atoms with E-state index in [1.54, 1.807) is 24.3 Å². The SMILES string of the molecule is Nc1ccc(N)cc1.c1cc2cccc3c4cccc5cccc(c(c1)c23)c54. The van der Waals surface area contributed by atoms with Crippen LogP contribution in [-0.4, -0.2) is 0 Å². The van der Waals surface area contributed by atoms with Crippen LogP contribution in [0.3, 0.4) is 0 Å². The van der Waals surface area contributed by atoms with Crippen LogP contribution in [0.4, 0.5) is 11.4 Å². The van der Waals surface area contributed by atoms with E-state index in [-0.39, 0.29) is 0 Å². The van der Waals surface area contributed by atoms with Gasteiger partial charge in [-0.2, -0.15) is 0 Å². The van der Waals surface area contributed by atoms with Crippen LogP contribution in [0, 0.1) is 0 Å². The summed E-state index contributed by atoms with van der Waals surface area (Å²) in [6, 6.07) is 33.5. The van der Waals surface area contributed by atoms with Gasteiger partial charge in [-0.05, 0) is 67.4 Å². The van der Waals surface area contributed by atoms with Crippen LogP contribution in [0.15, 0.2) is 97.1 Å². The first-order chi connectivity index (χ1) is 13.7. The van der Waals surface area contributed by atoms with Crippen molar-refractivity contribution in [3.8, 4) is 0 Å². The lowest BCUT2D eigenvalue weighted by atomic mass is 9.90. The third-order valence-corrected chi connectivity index (χ3v) is 5.33. The molecule has 0 saturated carbocycles. The molecule has 0 aliphatic carbocycles. The highest BCUT2D eigenvalue weighted by molar-refractivity contribution is 6.32. The van der Waals surface area contributed by atoms with Crippen LogP contribution in [0.5, 0.6) is 0 Å². The molecule has 0 heterocycles. The Kier molecular flexibility index (Phi) is 3.77. The average Bonchev–Trinajstić information content (AvgIpc) is 2.74. The van der Waals surface area contributed by atoms with Gasteiger partial charge in [-0.3, -0.25) is 0 Å². The summed E-state index contributed by atoms with van der Waals surface area (Å²) < 4.78 is 0. The van der Waals surface area contributed by atoms with Gasteiger partial charge in [-0.15, -0.1) is 0 Å². The van der Waals surface area contributed by atoms with E-state index in [0.29, 0.717) is 0 Å². The first-order valence-electron chi connectivity index (χ1n) is 9.37. The van der Waals surface area contributed by atoms with Gasteiger partial charge in [0.2, 0.25) is 0 Å². The maximum absolute atomic E-state index is 5.37. The van der Waals surface area contributed by atoms with Gasteiger partial charge in [0.05, 0.1) is 0 Å². The number of nitrogens with two attached hydrogens (primary N) is 2. The van der Waals surface area contributed by atoms with E-state index < -0.39 is 0 Å². The summed E-state index contributed by atoms with van der Waals surface area (Å²) in [4.78, 5) is 0. The van der Waals surface area contributed by atoms with Crippen molar-refractivity contribution in [2.45, 2.75) is 0 Å². The van der Waals surface area contributed by atoms with E-state index in [4.69, 9.17) is 11.5 Å². The monoisotopic (exact) mass is 360 g/mol. The van der Waals surface area contributed by atoms with E-state index in [1.807, 2.05) is 0 Å². The normalized spacial score (nSPS) is 11.1. The number of fused-ring (bicyclic) bond motifs is 2. The standard InChI is InChI=1S/C20H12.C6H8N2/c1-5-13-6-2-11-17-18-12-4-8-14-7-3-10-16(20(14)18)15(9-1)19(13)17;7-5-1-2-6(8)4-3-5/h1-12H;1-4H,7-8H2. The largest absolute Gasteiger partial charge is 0.399 e. The highest BCUT2D eigenvalue weighted by atomic mass is 14.6. The Morgan fingerprint density at radius 3 is 0.929 bits per heavy atom. The minimum Gasteiger partial charge on any atom is -0.399 e. The molecule has 0 aliphatic rings. The summed E-state index contributed by atoms with van der Waals surface area (Å²) >= 11 is 0. The molecule has 0 saturated heterocycles. The third kappa shape index (κ3) is 2.58. The van der Waals surface area contributed by atoms with E-state index in [2.05, 4.69) is 72.8 Å². The number of hydrogen-bond donors (Lipinski definition) is 2. The number of benzene rings is 6.